The van der Waals surface area contributed by atoms with Crippen molar-refractivity contribution in [2.45, 2.75) is 32.4 Å². The average Bonchev–Trinajstić information content (AvgIpc) is 2.05. The maximum atomic E-state index is 8.54. The van der Waals surface area contributed by atoms with Crippen molar-refractivity contribution in [1.82, 2.24) is 10.2 Å². The number of nitrogens with zero attached hydrogens (tertiary/aromatic N) is 2. The van der Waals surface area contributed by atoms with E-state index in [0.717, 1.165) is 19.6 Å². The fraction of sp³-hybridized carbons (Fsp3) is 0.889. The Morgan fingerprint density at radius 3 is 3.08 bits per heavy atom. The van der Waals surface area contributed by atoms with Gasteiger partial charge in [0.15, 0.2) is 0 Å². The third-order valence-corrected chi connectivity index (χ3v) is 2.41. The molecular weight excluding hydrogens is 150 g/mol. The van der Waals surface area contributed by atoms with Crippen LogP contribution in [0.3, 0.4) is 0 Å². The third kappa shape index (κ3) is 2.47. The molecule has 1 rings (SSSR count). The van der Waals surface area contributed by atoms with E-state index in [0.29, 0.717) is 18.5 Å². The lowest BCUT2D eigenvalue weighted by Crippen LogP contribution is -2.52. The summed E-state index contributed by atoms with van der Waals surface area (Å²) in [5, 5.41) is 11.9. The summed E-state index contributed by atoms with van der Waals surface area (Å²) >= 11 is 0. The lowest BCUT2D eigenvalue weighted by molar-refractivity contribution is 0.160. The van der Waals surface area contributed by atoms with Crippen molar-refractivity contribution in [3.05, 3.63) is 0 Å². The molecule has 12 heavy (non-hydrogen) atoms. The van der Waals surface area contributed by atoms with Crippen LogP contribution in [-0.2, 0) is 0 Å². The van der Waals surface area contributed by atoms with Crippen molar-refractivity contribution in [3.8, 4) is 6.07 Å². The summed E-state index contributed by atoms with van der Waals surface area (Å²) in [6.45, 7) is 7.51. The quantitative estimate of drug-likeness (QED) is 0.654. The number of hydrogen-bond acceptors (Lipinski definition) is 3. The second-order valence-corrected chi connectivity index (χ2v) is 3.56. The third-order valence-electron chi connectivity index (χ3n) is 2.41. The highest BCUT2D eigenvalue weighted by Crippen LogP contribution is 2.06. The van der Waals surface area contributed by atoms with E-state index in [1.165, 1.54) is 0 Å². The van der Waals surface area contributed by atoms with Gasteiger partial charge in [0.05, 0.1) is 12.5 Å². The summed E-state index contributed by atoms with van der Waals surface area (Å²) in [5.74, 6) is 0. The van der Waals surface area contributed by atoms with E-state index >= 15 is 0 Å². The van der Waals surface area contributed by atoms with Crippen molar-refractivity contribution in [3.63, 3.8) is 0 Å². The molecule has 0 aliphatic carbocycles. The molecule has 0 amide bonds. The Morgan fingerprint density at radius 2 is 2.50 bits per heavy atom. The van der Waals surface area contributed by atoms with Crippen LogP contribution in [0, 0.1) is 11.3 Å². The molecule has 1 unspecified atom stereocenters. The molecule has 1 N–H and O–H groups in total. The highest BCUT2D eigenvalue weighted by atomic mass is 15.2. The second-order valence-electron chi connectivity index (χ2n) is 3.56. The van der Waals surface area contributed by atoms with Gasteiger partial charge in [-0.05, 0) is 13.8 Å². The van der Waals surface area contributed by atoms with Crippen LogP contribution >= 0.6 is 0 Å². The van der Waals surface area contributed by atoms with Crippen molar-refractivity contribution in [2.24, 2.45) is 0 Å². The Balaban J connectivity index is 2.35. The van der Waals surface area contributed by atoms with Gasteiger partial charge in [0.1, 0.15) is 0 Å². The van der Waals surface area contributed by atoms with Crippen LogP contribution in [-0.4, -0.2) is 36.6 Å². The van der Waals surface area contributed by atoms with Gasteiger partial charge >= 0.3 is 0 Å². The zero-order valence-corrected chi connectivity index (χ0v) is 7.88. The molecule has 1 heterocycles. The van der Waals surface area contributed by atoms with Crippen LogP contribution in [0.25, 0.3) is 0 Å². The smallest absolute Gasteiger partial charge is 0.0638 e. The molecule has 1 fully saturated rings. The van der Waals surface area contributed by atoms with Crippen LogP contribution in [0.1, 0.15) is 20.3 Å². The molecule has 0 spiro atoms. The fourth-order valence-corrected chi connectivity index (χ4v) is 1.62. The highest BCUT2D eigenvalue weighted by molar-refractivity contribution is 4.84. The molecule has 1 aliphatic rings. The monoisotopic (exact) mass is 167 g/mol. The minimum absolute atomic E-state index is 0.416. The zero-order chi connectivity index (χ0) is 8.97. The molecule has 1 aliphatic heterocycles. The largest absolute Gasteiger partial charge is 0.312 e. The summed E-state index contributed by atoms with van der Waals surface area (Å²) in [4.78, 5) is 2.38. The molecule has 3 heteroatoms. The van der Waals surface area contributed by atoms with Gasteiger partial charge in [-0.15, -0.1) is 0 Å². The van der Waals surface area contributed by atoms with E-state index < -0.39 is 0 Å². The maximum Gasteiger partial charge on any atom is 0.0638 e. The van der Waals surface area contributed by atoms with E-state index in [4.69, 9.17) is 5.26 Å². The van der Waals surface area contributed by atoms with Crippen molar-refractivity contribution in [1.29, 1.82) is 5.26 Å². The second kappa shape index (κ2) is 4.44. The Hall–Kier alpha value is -0.590. The molecule has 3 nitrogen and oxygen atoms in total. The lowest BCUT2D eigenvalue weighted by atomic mass is 10.1. The van der Waals surface area contributed by atoms with E-state index in [2.05, 4.69) is 30.1 Å². The predicted octanol–water partition coefficient (Wildman–Crippen LogP) is 0.582. The summed E-state index contributed by atoms with van der Waals surface area (Å²) in [6, 6.07) is 3.20. The van der Waals surface area contributed by atoms with Crippen LogP contribution in [0.4, 0.5) is 0 Å². The molecule has 0 aromatic carbocycles. The van der Waals surface area contributed by atoms with E-state index in [9.17, 15) is 0 Å². The van der Waals surface area contributed by atoms with E-state index in [1.54, 1.807) is 0 Å². The molecule has 0 radical (unpaired) electrons. The molecule has 2 atom stereocenters. The molecular formula is C9H17N3. The lowest BCUT2D eigenvalue weighted by Gasteiger charge is -2.35. The summed E-state index contributed by atoms with van der Waals surface area (Å²) in [5.41, 5.74) is 0. The SMILES string of the molecule is CC(CC#N)N1CCN[C@H](C)C1. The van der Waals surface area contributed by atoms with Crippen molar-refractivity contribution < 1.29 is 0 Å². The Morgan fingerprint density at radius 1 is 1.75 bits per heavy atom. The number of rotatable bonds is 2. The van der Waals surface area contributed by atoms with Gasteiger partial charge in [0.25, 0.3) is 0 Å². The molecule has 0 bridgehead atoms. The maximum absolute atomic E-state index is 8.54. The fourth-order valence-electron chi connectivity index (χ4n) is 1.62. The number of nitriles is 1. The summed E-state index contributed by atoms with van der Waals surface area (Å²) in [6.07, 6.45) is 0.646. The van der Waals surface area contributed by atoms with Crippen molar-refractivity contribution >= 4 is 0 Å². The summed E-state index contributed by atoms with van der Waals surface area (Å²) < 4.78 is 0. The van der Waals surface area contributed by atoms with E-state index in [-0.39, 0.29) is 0 Å². The van der Waals surface area contributed by atoms with Crippen LogP contribution < -0.4 is 5.32 Å². The first-order chi connectivity index (χ1) is 5.74. The number of nitrogens with one attached hydrogen (secondary N) is 1. The van der Waals surface area contributed by atoms with Gasteiger partial charge in [0.2, 0.25) is 0 Å². The molecule has 0 aromatic heterocycles. The first-order valence-electron chi connectivity index (χ1n) is 4.58. The zero-order valence-electron chi connectivity index (χ0n) is 7.88. The van der Waals surface area contributed by atoms with Crippen LogP contribution in [0.5, 0.6) is 0 Å². The molecule has 0 aromatic rings. The number of hydrogen-bond donors (Lipinski definition) is 1. The first kappa shape index (κ1) is 9.50. The Labute approximate surface area is 74.4 Å². The Bertz CT molecular complexity index is 173. The highest BCUT2D eigenvalue weighted by Gasteiger charge is 2.19. The van der Waals surface area contributed by atoms with Gasteiger partial charge < -0.3 is 5.32 Å². The van der Waals surface area contributed by atoms with Crippen LogP contribution in [0.2, 0.25) is 0 Å². The minimum Gasteiger partial charge on any atom is -0.312 e. The Kier molecular flexibility index (Phi) is 3.51. The predicted molar refractivity (Wildman–Crippen MR) is 48.7 cm³/mol. The minimum atomic E-state index is 0.416. The normalized spacial score (nSPS) is 27.9. The average molecular weight is 167 g/mol. The van der Waals surface area contributed by atoms with E-state index in [1.807, 2.05) is 0 Å². The first-order valence-corrected chi connectivity index (χ1v) is 4.58. The van der Waals surface area contributed by atoms with Gasteiger partial charge in [-0.3, -0.25) is 4.90 Å². The van der Waals surface area contributed by atoms with Crippen LogP contribution in [0.15, 0.2) is 0 Å². The topological polar surface area (TPSA) is 39.1 Å². The van der Waals surface area contributed by atoms with Gasteiger partial charge in [-0.25, -0.2) is 0 Å². The van der Waals surface area contributed by atoms with Gasteiger partial charge in [-0.2, -0.15) is 5.26 Å². The summed E-state index contributed by atoms with van der Waals surface area (Å²) in [7, 11) is 0. The molecule has 68 valence electrons. The van der Waals surface area contributed by atoms with Gasteiger partial charge in [-0.1, -0.05) is 0 Å². The standard InChI is InChI=1S/C9H17N3/c1-8-7-12(6-5-11-8)9(2)3-4-10/h8-9,11H,3,5-7H2,1-2H3/t8-,9?/m1/s1. The molecule has 1 saturated heterocycles. The number of piperazine rings is 1. The van der Waals surface area contributed by atoms with Gasteiger partial charge in [0, 0.05) is 31.7 Å². The van der Waals surface area contributed by atoms with Crippen molar-refractivity contribution in [2.75, 3.05) is 19.6 Å². The molecule has 0 saturated carbocycles.